The Hall–Kier alpha value is -0.100. The largest absolute Gasteiger partial charge is 0.250 e. The Morgan fingerprint density at radius 1 is 0.889 bits per heavy atom. The van der Waals surface area contributed by atoms with Crippen LogP contribution in [0.2, 0.25) is 0 Å². The van der Waals surface area contributed by atoms with Crippen LogP contribution < -0.4 is 0 Å². The Labute approximate surface area is 120 Å². The first-order chi connectivity index (χ1) is 8.52. The molecule has 0 bridgehead atoms. The standard InChI is InChI=1S/C12H12Br2F4/c13-9-1-8(2-10(14)3-9)11(4-15)12(5-16,6-17)7-18/h1-3,11H,4-7H2. The molecule has 1 aromatic carbocycles. The Morgan fingerprint density at radius 2 is 1.33 bits per heavy atom. The summed E-state index contributed by atoms with van der Waals surface area (Å²) in [6, 6.07) is 4.80. The molecule has 0 aliphatic carbocycles. The summed E-state index contributed by atoms with van der Waals surface area (Å²) in [6.45, 7) is -4.73. The maximum atomic E-state index is 13.1. The van der Waals surface area contributed by atoms with Crippen molar-refractivity contribution in [2.24, 2.45) is 5.41 Å². The molecule has 1 aromatic rings. The molecule has 0 aliphatic heterocycles. The van der Waals surface area contributed by atoms with Gasteiger partial charge in [0.15, 0.2) is 0 Å². The Balaban J connectivity index is 3.22. The van der Waals surface area contributed by atoms with Gasteiger partial charge < -0.3 is 0 Å². The number of alkyl halides is 4. The molecule has 18 heavy (non-hydrogen) atoms. The molecule has 0 aromatic heterocycles. The Kier molecular flexibility index (Phi) is 6.11. The Morgan fingerprint density at radius 3 is 1.67 bits per heavy atom. The monoisotopic (exact) mass is 390 g/mol. The van der Waals surface area contributed by atoms with Gasteiger partial charge in [0.25, 0.3) is 0 Å². The summed E-state index contributed by atoms with van der Waals surface area (Å²) in [4.78, 5) is 0. The van der Waals surface area contributed by atoms with Crippen LogP contribution in [0.1, 0.15) is 11.5 Å². The third kappa shape index (κ3) is 3.26. The molecule has 0 amide bonds. The predicted octanol–water partition coefficient (Wildman–Crippen LogP) is 5.16. The number of rotatable bonds is 6. The van der Waals surface area contributed by atoms with Gasteiger partial charge in [-0.1, -0.05) is 31.9 Å². The molecule has 0 fully saturated rings. The molecule has 0 saturated heterocycles. The van der Waals surface area contributed by atoms with Gasteiger partial charge in [-0.3, -0.25) is 17.6 Å². The molecule has 0 radical (unpaired) electrons. The predicted molar refractivity (Wildman–Crippen MR) is 70.9 cm³/mol. The number of benzene rings is 1. The van der Waals surface area contributed by atoms with Gasteiger partial charge in [-0.05, 0) is 23.8 Å². The normalized spacial score (nSPS) is 13.7. The zero-order valence-electron chi connectivity index (χ0n) is 9.41. The second-order valence-electron chi connectivity index (χ2n) is 4.17. The van der Waals surface area contributed by atoms with E-state index in [0.29, 0.717) is 14.5 Å². The Bertz CT molecular complexity index is 365. The lowest BCUT2D eigenvalue weighted by Gasteiger charge is -2.32. The van der Waals surface area contributed by atoms with Crippen molar-refractivity contribution in [3.8, 4) is 0 Å². The molecule has 0 aliphatic rings. The van der Waals surface area contributed by atoms with Crippen molar-refractivity contribution in [1.29, 1.82) is 0 Å². The maximum Gasteiger partial charge on any atom is 0.101 e. The molecule has 0 nitrogen and oxygen atoms in total. The molecule has 1 atom stereocenters. The van der Waals surface area contributed by atoms with Crippen LogP contribution in [-0.2, 0) is 0 Å². The highest BCUT2D eigenvalue weighted by Crippen LogP contribution is 2.40. The summed E-state index contributed by atoms with van der Waals surface area (Å²) in [6.07, 6.45) is 0. The van der Waals surface area contributed by atoms with E-state index in [0.717, 1.165) is 0 Å². The van der Waals surface area contributed by atoms with Crippen molar-refractivity contribution >= 4 is 31.9 Å². The first-order valence-electron chi connectivity index (χ1n) is 5.23. The average Bonchev–Trinajstić information content (AvgIpc) is 2.35. The molecule has 0 heterocycles. The van der Waals surface area contributed by atoms with Crippen LogP contribution >= 0.6 is 31.9 Å². The first kappa shape index (κ1) is 16.0. The van der Waals surface area contributed by atoms with Gasteiger partial charge in [0, 0.05) is 14.9 Å². The third-order valence-corrected chi connectivity index (χ3v) is 3.89. The van der Waals surface area contributed by atoms with Gasteiger partial charge in [-0.25, -0.2) is 0 Å². The summed E-state index contributed by atoms with van der Waals surface area (Å²) in [5.74, 6) is -1.15. The topological polar surface area (TPSA) is 0 Å². The summed E-state index contributed by atoms with van der Waals surface area (Å²) >= 11 is 6.42. The lowest BCUT2D eigenvalue weighted by atomic mass is 9.75. The fourth-order valence-corrected chi connectivity index (χ4v) is 3.10. The zero-order valence-corrected chi connectivity index (χ0v) is 12.6. The molecule has 0 spiro atoms. The van der Waals surface area contributed by atoms with Crippen molar-refractivity contribution in [2.45, 2.75) is 5.92 Å². The van der Waals surface area contributed by atoms with E-state index in [2.05, 4.69) is 31.9 Å². The number of halogens is 6. The highest BCUT2D eigenvalue weighted by Gasteiger charge is 2.41. The molecule has 1 unspecified atom stereocenters. The number of hydrogen-bond acceptors (Lipinski definition) is 0. The zero-order chi connectivity index (χ0) is 13.8. The second kappa shape index (κ2) is 6.89. The lowest BCUT2D eigenvalue weighted by molar-refractivity contribution is 0.0690. The summed E-state index contributed by atoms with van der Waals surface area (Å²) in [7, 11) is 0. The fraction of sp³-hybridized carbons (Fsp3) is 0.500. The van der Waals surface area contributed by atoms with E-state index < -0.39 is 38.0 Å². The fourth-order valence-electron chi connectivity index (χ4n) is 1.77. The van der Waals surface area contributed by atoms with Crippen LogP contribution in [0.3, 0.4) is 0 Å². The van der Waals surface area contributed by atoms with Crippen molar-refractivity contribution in [2.75, 3.05) is 26.7 Å². The van der Waals surface area contributed by atoms with Gasteiger partial charge >= 0.3 is 0 Å². The van der Waals surface area contributed by atoms with Crippen LogP contribution in [0.4, 0.5) is 17.6 Å². The summed E-state index contributed by atoms with van der Waals surface area (Å²) < 4.78 is 53.3. The minimum Gasteiger partial charge on any atom is -0.250 e. The van der Waals surface area contributed by atoms with Crippen LogP contribution in [0.25, 0.3) is 0 Å². The van der Waals surface area contributed by atoms with Crippen LogP contribution in [0, 0.1) is 5.41 Å². The van der Waals surface area contributed by atoms with E-state index in [4.69, 9.17) is 0 Å². The maximum absolute atomic E-state index is 13.1. The summed E-state index contributed by atoms with van der Waals surface area (Å²) in [5, 5.41) is 0. The third-order valence-electron chi connectivity index (χ3n) is 2.98. The average molecular weight is 392 g/mol. The highest BCUT2D eigenvalue weighted by molar-refractivity contribution is 9.11. The SMILES string of the molecule is FCC(c1cc(Br)cc(Br)c1)C(CF)(CF)CF. The van der Waals surface area contributed by atoms with E-state index in [-0.39, 0.29) is 0 Å². The van der Waals surface area contributed by atoms with E-state index in [9.17, 15) is 17.6 Å². The van der Waals surface area contributed by atoms with Crippen molar-refractivity contribution in [3.63, 3.8) is 0 Å². The van der Waals surface area contributed by atoms with E-state index in [1.165, 1.54) is 0 Å². The molecule has 6 heteroatoms. The molecule has 102 valence electrons. The van der Waals surface area contributed by atoms with Gasteiger partial charge in [0.05, 0.1) is 12.1 Å². The molecular formula is C12H12Br2F4. The van der Waals surface area contributed by atoms with E-state index in [1.807, 2.05) is 0 Å². The van der Waals surface area contributed by atoms with Crippen LogP contribution in [-0.4, -0.2) is 26.7 Å². The molecule has 1 rings (SSSR count). The van der Waals surface area contributed by atoms with Crippen LogP contribution in [0.5, 0.6) is 0 Å². The number of hydrogen-bond donors (Lipinski definition) is 0. The van der Waals surface area contributed by atoms with Crippen molar-refractivity contribution < 1.29 is 17.6 Å². The molecular weight excluding hydrogens is 380 g/mol. The van der Waals surface area contributed by atoms with E-state index in [1.54, 1.807) is 18.2 Å². The smallest absolute Gasteiger partial charge is 0.101 e. The highest BCUT2D eigenvalue weighted by atomic mass is 79.9. The minimum atomic E-state index is -1.94. The summed E-state index contributed by atoms with van der Waals surface area (Å²) in [5.41, 5.74) is -1.57. The van der Waals surface area contributed by atoms with Gasteiger partial charge in [-0.15, -0.1) is 0 Å². The van der Waals surface area contributed by atoms with Gasteiger partial charge in [-0.2, -0.15) is 0 Å². The van der Waals surface area contributed by atoms with Gasteiger partial charge in [0.1, 0.15) is 20.0 Å². The van der Waals surface area contributed by atoms with Crippen molar-refractivity contribution in [1.82, 2.24) is 0 Å². The quantitative estimate of drug-likeness (QED) is 0.587. The molecule has 0 N–H and O–H groups in total. The first-order valence-corrected chi connectivity index (χ1v) is 6.81. The molecule has 0 saturated carbocycles. The van der Waals surface area contributed by atoms with Crippen LogP contribution in [0.15, 0.2) is 27.1 Å². The van der Waals surface area contributed by atoms with Gasteiger partial charge in [0.2, 0.25) is 0 Å². The van der Waals surface area contributed by atoms with E-state index >= 15 is 0 Å². The van der Waals surface area contributed by atoms with Crippen molar-refractivity contribution in [3.05, 3.63) is 32.7 Å². The lowest BCUT2D eigenvalue weighted by Crippen LogP contribution is -2.37. The minimum absolute atomic E-state index is 0.367. The second-order valence-corrected chi connectivity index (χ2v) is 6.00.